The van der Waals surface area contributed by atoms with Crippen molar-refractivity contribution in [3.05, 3.63) is 39.4 Å². The Balaban J connectivity index is 2.14. The van der Waals surface area contributed by atoms with E-state index in [0.29, 0.717) is 28.2 Å². The van der Waals surface area contributed by atoms with Gasteiger partial charge < -0.3 is 10.5 Å². The summed E-state index contributed by atoms with van der Waals surface area (Å²) in [5, 5.41) is 0.779. The number of halogens is 1. The van der Waals surface area contributed by atoms with Crippen molar-refractivity contribution in [1.29, 1.82) is 0 Å². The van der Waals surface area contributed by atoms with Crippen LogP contribution >= 0.6 is 11.6 Å². The zero-order valence-corrected chi connectivity index (χ0v) is 16.0. The summed E-state index contributed by atoms with van der Waals surface area (Å²) in [4.78, 5) is 29.2. The number of ether oxygens (including phenoxy) is 1. The molecular weight excluding hydrogens is 354 g/mol. The van der Waals surface area contributed by atoms with Crippen molar-refractivity contribution < 1.29 is 9.53 Å². The molecule has 0 saturated heterocycles. The standard InChI is InChI=1S/C19H24ClN3O3/c1-19(2,3)10-9-14(26-18(21)25)16-22-13-6-4-5-12(20)15(13)17(24)23(16)11-7-8-11/h4-6,11,14H,7-10H2,1-3H3,(H2,21,25)/t14-/m0/s1. The Hall–Kier alpha value is -2.08. The van der Waals surface area contributed by atoms with Gasteiger partial charge in [-0.05, 0) is 43.2 Å². The van der Waals surface area contributed by atoms with E-state index >= 15 is 0 Å². The van der Waals surface area contributed by atoms with E-state index < -0.39 is 12.2 Å². The quantitative estimate of drug-likeness (QED) is 0.839. The SMILES string of the molecule is CC(C)(C)CC[C@H](OC(N)=O)c1nc2cccc(Cl)c2c(=O)n1C1CC1. The van der Waals surface area contributed by atoms with Gasteiger partial charge in [0.2, 0.25) is 0 Å². The number of aromatic nitrogens is 2. The van der Waals surface area contributed by atoms with Crippen LogP contribution in [0.25, 0.3) is 10.9 Å². The number of primary amides is 1. The number of hydrogen-bond acceptors (Lipinski definition) is 4. The third kappa shape index (κ3) is 4.01. The van der Waals surface area contributed by atoms with Gasteiger partial charge in [-0.2, -0.15) is 0 Å². The normalized spacial score (nSPS) is 15.8. The molecule has 1 fully saturated rings. The summed E-state index contributed by atoms with van der Waals surface area (Å²) in [6.45, 7) is 6.32. The molecule has 1 heterocycles. The lowest BCUT2D eigenvalue weighted by molar-refractivity contribution is 0.0845. The van der Waals surface area contributed by atoms with Gasteiger partial charge in [-0.3, -0.25) is 9.36 Å². The molecule has 2 N–H and O–H groups in total. The van der Waals surface area contributed by atoms with Crippen molar-refractivity contribution >= 4 is 28.6 Å². The molecule has 6 nitrogen and oxygen atoms in total. The Morgan fingerprint density at radius 1 is 1.42 bits per heavy atom. The van der Waals surface area contributed by atoms with Crippen LogP contribution < -0.4 is 11.3 Å². The molecule has 1 aliphatic rings. The highest BCUT2D eigenvalue weighted by atomic mass is 35.5. The van der Waals surface area contributed by atoms with Crippen LogP contribution in [0, 0.1) is 5.41 Å². The van der Waals surface area contributed by atoms with Crippen molar-refractivity contribution in [3.63, 3.8) is 0 Å². The molecule has 1 aromatic heterocycles. The molecule has 1 amide bonds. The van der Waals surface area contributed by atoms with Gasteiger partial charge in [-0.1, -0.05) is 38.4 Å². The molecule has 26 heavy (non-hydrogen) atoms. The maximum absolute atomic E-state index is 13.1. The molecule has 0 unspecified atom stereocenters. The van der Waals surface area contributed by atoms with Crippen molar-refractivity contribution in [2.75, 3.05) is 0 Å². The summed E-state index contributed by atoms with van der Waals surface area (Å²) in [6.07, 6.45) is 1.59. The van der Waals surface area contributed by atoms with E-state index in [9.17, 15) is 9.59 Å². The first-order chi connectivity index (χ1) is 12.2. The van der Waals surface area contributed by atoms with Gasteiger partial charge in [-0.15, -0.1) is 0 Å². The summed E-state index contributed by atoms with van der Waals surface area (Å²) in [6, 6.07) is 5.25. The third-order valence-electron chi connectivity index (χ3n) is 4.52. The molecule has 0 radical (unpaired) electrons. The topological polar surface area (TPSA) is 87.2 Å². The highest BCUT2D eigenvalue weighted by Crippen LogP contribution is 2.38. The Kier molecular flexibility index (Phi) is 4.97. The van der Waals surface area contributed by atoms with Crippen LogP contribution in [0.1, 0.15) is 64.4 Å². The molecule has 0 aliphatic heterocycles. The average molecular weight is 378 g/mol. The second-order valence-corrected chi connectivity index (χ2v) is 8.44. The molecule has 0 bridgehead atoms. The number of rotatable bonds is 5. The smallest absolute Gasteiger partial charge is 0.405 e. The van der Waals surface area contributed by atoms with Gasteiger partial charge in [0, 0.05) is 6.04 Å². The Morgan fingerprint density at radius 3 is 2.69 bits per heavy atom. The summed E-state index contributed by atoms with van der Waals surface area (Å²) in [7, 11) is 0. The van der Waals surface area contributed by atoms with Gasteiger partial charge in [0.05, 0.1) is 15.9 Å². The molecule has 140 valence electrons. The summed E-state index contributed by atoms with van der Waals surface area (Å²) in [5.74, 6) is 0.454. The van der Waals surface area contributed by atoms with Gasteiger partial charge in [0.1, 0.15) is 0 Å². The molecular formula is C19H24ClN3O3. The van der Waals surface area contributed by atoms with Crippen molar-refractivity contribution in [3.8, 4) is 0 Å². The molecule has 1 aliphatic carbocycles. The lowest BCUT2D eigenvalue weighted by Gasteiger charge is -2.24. The van der Waals surface area contributed by atoms with Crippen molar-refractivity contribution in [1.82, 2.24) is 9.55 Å². The van der Waals surface area contributed by atoms with Gasteiger partial charge in [0.25, 0.3) is 5.56 Å². The first kappa shape index (κ1) is 18.7. The van der Waals surface area contributed by atoms with Crippen molar-refractivity contribution in [2.24, 2.45) is 11.1 Å². The fourth-order valence-electron chi connectivity index (χ4n) is 3.08. The first-order valence-electron chi connectivity index (χ1n) is 8.84. The minimum atomic E-state index is -0.869. The van der Waals surface area contributed by atoms with Gasteiger partial charge >= 0.3 is 6.09 Å². The summed E-state index contributed by atoms with van der Waals surface area (Å²) >= 11 is 6.24. The first-order valence-corrected chi connectivity index (χ1v) is 9.22. The van der Waals surface area contributed by atoms with Crippen LogP contribution in [-0.4, -0.2) is 15.6 Å². The highest BCUT2D eigenvalue weighted by molar-refractivity contribution is 6.35. The Bertz CT molecular complexity index is 897. The van der Waals surface area contributed by atoms with E-state index in [-0.39, 0.29) is 17.0 Å². The molecule has 3 rings (SSSR count). The number of amides is 1. The van der Waals surface area contributed by atoms with Crippen LogP contribution in [0.15, 0.2) is 23.0 Å². The lowest BCUT2D eigenvalue weighted by Crippen LogP contribution is -2.29. The van der Waals surface area contributed by atoms with Crippen LogP contribution in [0.3, 0.4) is 0 Å². The Morgan fingerprint density at radius 2 is 2.12 bits per heavy atom. The van der Waals surface area contributed by atoms with Gasteiger partial charge in [0.15, 0.2) is 11.9 Å². The fraction of sp³-hybridized carbons (Fsp3) is 0.526. The highest BCUT2D eigenvalue weighted by Gasteiger charge is 2.33. The number of hydrogen-bond donors (Lipinski definition) is 1. The second-order valence-electron chi connectivity index (χ2n) is 8.04. The largest absolute Gasteiger partial charge is 0.438 e. The minimum Gasteiger partial charge on any atom is -0.438 e. The average Bonchev–Trinajstić information content (AvgIpc) is 3.34. The number of carbonyl (C=O) groups excluding carboxylic acids is 1. The number of carbonyl (C=O) groups is 1. The fourth-order valence-corrected chi connectivity index (χ4v) is 3.33. The number of fused-ring (bicyclic) bond motifs is 1. The minimum absolute atomic E-state index is 0.0458. The van der Waals surface area contributed by atoms with Crippen LogP contribution in [0.2, 0.25) is 5.02 Å². The lowest BCUT2D eigenvalue weighted by atomic mass is 9.89. The maximum Gasteiger partial charge on any atom is 0.405 e. The van der Waals surface area contributed by atoms with Crippen molar-refractivity contribution in [2.45, 2.75) is 58.6 Å². The van der Waals surface area contributed by atoms with Crippen LogP contribution in [0.4, 0.5) is 4.79 Å². The van der Waals surface area contributed by atoms with E-state index in [1.165, 1.54) is 0 Å². The Labute approximate surface area is 157 Å². The number of benzene rings is 1. The number of nitrogens with zero attached hydrogens (tertiary/aromatic N) is 2. The molecule has 0 spiro atoms. The van der Waals surface area contributed by atoms with E-state index in [0.717, 1.165) is 19.3 Å². The second kappa shape index (κ2) is 6.91. The molecule has 7 heteroatoms. The summed E-state index contributed by atoms with van der Waals surface area (Å²) in [5.41, 5.74) is 5.65. The molecule has 1 atom stereocenters. The van der Waals surface area contributed by atoms with Crippen LogP contribution in [-0.2, 0) is 4.74 Å². The van der Waals surface area contributed by atoms with Gasteiger partial charge in [-0.25, -0.2) is 9.78 Å². The predicted octanol–water partition coefficient (Wildman–Crippen LogP) is 4.35. The van der Waals surface area contributed by atoms with E-state index in [2.05, 4.69) is 25.8 Å². The maximum atomic E-state index is 13.1. The molecule has 2 aromatic rings. The predicted molar refractivity (Wildman–Crippen MR) is 101 cm³/mol. The zero-order chi connectivity index (χ0) is 19.1. The zero-order valence-electron chi connectivity index (χ0n) is 15.3. The number of nitrogens with two attached hydrogens (primary N) is 1. The van der Waals surface area contributed by atoms with Crippen LogP contribution in [0.5, 0.6) is 0 Å². The molecule has 1 aromatic carbocycles. The summed E-state index contributed by atoms with van der Waals surface area (Å²) < 4.78 is 7.01. The third-order valence-corrected chi connectivity index (χ3v) is 4.84. The van der Waals surface area contributed by atoms with E-state index in [1.54, 1.807) is 22.8 Å². The van der Waals surface area contributed by atoms with E-state index in [1.807, 2.05) is 0 Å². The molecule has 1 saturated carbocycles. The van der Waals surface area contributed by atoms with E-state index in [4.69, 9.17) is 22.1 Å². The monoisotopic (exact) mass is 377 g/mol.